The van der Waals surface area contributed by atoms with E-state index in [0.717, 1.165) is 24.2 Å². The number of nitrogens with two attached hydrogens (primary N) is 1. The number of pyridine rings is 1. The first-order valence-corrected chi connectivity index (χ1v) is 34.0. The number of nitrogens with one attached hydrogen (secondary N) is 6. The maximum absolute atomic E-state index is 14.4. The predicted molar refractivity (Wildman–Crippen MR) is 343 cm³/mol. The van der Waals surface area contributed by atoms with E-state index in [1.54, 1.807) is 70.9 Å². The maximum atomic E-state index is 14.4. The molecule has 8 aromatic rings. The second-order valence-electron chi connectivity index (χ2n) is 21.5. The number of hydrogen-bond acceptors (Lipinski definition) is 24. The number of carbonyl (C=O) groups excluding carboxylic acids is 7. The smallest absolute Gasteiger partial charge is 0.271 e. The van der Waals surface area contributed by atoms with Crippen LogP contribution in [0.15, 0.2) is 74.2 Å². The molecule has 0 spiro atoms. The summed E-state index contributed by atoms with van der Waals surface area (Å²) < 4.78 is 5.46. The van der Waals surface area contributed by atoms with Gasteiger partial charge in [0, 0.05) is 64.5 Å². The SMILES string of the molecule is CNC(=O)C[C@@H]1NC(=O)c2csc(n2)-c2ccc(-c3nc(N=NC(=O)C4CCC(C(=O)NCCCCN)CC4)cs3)nc2-c2csc(n2)-c2csc(n2)[C@H]([C@@H](O)c2ccccc2)NC(=O)CNC(=O)c2nc(sc2COC)[C@H](C(C)C)NC(=O)c2nc1sc2C. The van der Waals surface area contributed by atoms with Gasteiger partial charge in [-0.2, -0.15) is 0 Å². The summed E-state index contributed by atoms with van der Waals surface area (Å²) in [6.45, 7) is 6.11. The normalized spacial score (nSPS) is 18.7. The Balaban J connectivity index is 0.988. The van der Waals surface area contributed by atoms with E-state index < -0.39 is 60.3 Å². The summed E-state index contributed by atoms with van der Waals surface area (Å²) >= 11 is 7.18. The van der Waals surface area contributed by atoms with Gasteiger partial charge in [-0.1, -0.05) is 44.2 Å². The number of aliphatic hydroxyl groups is 1. The number of aryl methyl sites for hydroxylation is 1. The van der Waals surface area contributed by atoms with Crippen LogP contribution in [-0.2, 0) is 30.5 Å². The molecule has 0 radical (unpaired) electrons. The van der Waals surface area contributed by atoms with Crippen molar-refractivity contribution in [2.24, 2.45) is 33.7 Å². The molecule has 7 amide bonds. The van der Waals surface area contributed by atoms with Gasteiger partial charge in [-0.25, -0.2) is 34.9 Å². The number of azo groups is 1. The van der Waals surface area contributed by atoms with Crippen LogP contribution in [0.5, 0.6) is 0 Å². The van der Waals surface area contributed by atoms with E-state index in [1.165, 1.54) is 70.8 Å². The van der Waals surface area contributed by atoms with Crippen LogP contribution in [0.3, 0.4) is 0 Å². The van der Waals surface area contributed by atoms with Crippen LogP contribution < -0.4 is 37.6 Å². The van der Waals surface area contributed by atoms with Crippen molar-refractivity contribution in [1.82, 2.24) is 66.8 Å². The molecule has 8 heterocycles. The van der Waals surface area contributed by atoms with Crippen molar-refractivity contribution in [3.05, 3.63) is 111 Å². The third kappa shape index (κ3) is 15.5. The second kappa shape index (κ2) is 29.8. The van der Waals surface area contributed by atoms with Crippen LogP contribution in [0.2, 0.25) is 0 Å². The molecule has 1 saturated carbocycles. The number of aromatic nitrogens is 7. The van der Waals surface area contributed by atoms with Crippen LogP contribution in [0.1, 0.15) is 145 Å². The first-order valence-electron chi connectivity index (χ1n) is 28.9. The number of aliphatic hydroxyl groups excluding tert-OH is 1. The van der Waals surface area contributed by atoms with Gasteiger partial charge in [-0.05, 0) is 75.6 Å². The Labute approximate surface area is 540 Å². The summed E-state index contributed by atoms with van der Waals surface area (Å²) in [5.41, 5.74) is 8.28. The standard InChI is InChI=1S/C59H64N16O9S6/c1-28(2)43-59-73-46(39(90-59)23-84-5)52(82)63-22-42(77)70-47(48(78)30-11-7-6-8-12-30)58-68-38(26-87-58)56-66-36(24-86-56)45-33(54-67-37(25-85-54)51(81)65-35(21-41(76)61-4)57-72-44(29(3)89-57)53(83)71-43)17-18-34(64-45)55-69-40(27-88-55)74-75-50(80)32-15-13-31(14-16-32)49(79)62-20-10-9-19-60/h6-8,11-12,17-18,24-28,31-32,35,43,47-48,78H,9-10,13-16,19-23,60H2,1-5H3,(H,61,76)(H,62,79)(H,63,82)(H,65,81)(H,70,77)(H,71,83)/t31?,32?,35-,43-,47-,48-/m0/s1. The predicted octanol–water partition coefficient (Wildman–Crippen LogP) is 8.58. The quantitative estimate of drug-likeness (QED) is 0.0352. The number of nitrogens with zero attached hydrogens (tertiary/aromatic N) is 9. The lowest BCUT2D eigenvalue weighted by atomic mass is 9.81. The van der Waals surface area contributed by atoms with Crippen molar-refractivity contribution >= 4 is 115 Å². The average Bonchev–Trinajstić information content (AvgIpc) is 1.66. The Kier molecular flexibility index (Phi) is 21.6. The fraction of sp³-hybridized carbons (Fsp3) is 0.390. The van der Waals surface area contributed by atoms with E-state index in [2.05, 4.69) is 47.1 Å². The number of rotatable bonds is 15. The summed E-state index contributed by atoms with van der Waals surface area (Å²) in [5.74, 6) is -3.85. The first-order chi connectivity index (χ1) is 43.5. The molecule has 7 aromatic heterocycles. The highest BCUT2D eigenvalue weighted by atomic mass is 32.1. The zero-order valence-electron chi connectivity index (χ0n) is 49.4. The minimum absolute atomic E-state index is 0.000158. The van der Waals surface area contributed by atoms with Gasteiger partial charge in [0.1, 0.15) is 76.4 Å². The summed E-state index contributed by atoms with van der Waals surface area (Å²) in [5, 5.41) is 46.5. The zero-order valence-corrected chi connectivity index (χ0v) is 54.3. The van der Waals surface area contributed by atoms with Gasteiger partial charge >= 0.3 is 0 Å². The molecular formula is C59H64N16O9S6. The number of amides is 7. The largest absolute Gasteiger partial charge is 0.386 e. The Hall–Kier alpha value is -7.88. The van der Waals surface area contributed by atoms with Gasteiger partial charge in [0.2, 0.25) is 17.7 Å². The molecule has 90 heavy (non-hydrogen) atoms. The molecule has 1 aliphatic heterocycles. The number of thiazole rings is 6. The fourth-order valence-corrected chi connectivity index (χ4v) is 15.5. The van der Waals surface area contributed by atoms with Crippen LogP contribution in [0.4, 0.5) is 5.82 Å². The third-order valence-electron chi connectivity index (χ3n) is 14.9. The number of unbranched alkanes of at least 4 members (excludes halogenated alkanes) is 1. The highest BCUT2D eigenvalue weighted by molar-refractivity contribution is 7.15. The van der Waals surface area contributed by atoms with Crippen LogP contribution >= 0.6 is 68.0 Å². The van der Waals surface area contributed by atoms with Crippen LogP contribution in [0, 0.1) is 24.7 Å². The Morgan fingerprint density at radius 2 is 1.42 bits per heavy atom. The van der Waals surface area contributed by atoms with Gasteiger partial charge < -0.3 is 47.5 Å². The average molecular weight is 1330 g/mol. The van der Waals surface area contributed by atoms with E-state index in [4.69, 9.17) is 40.4 Å². The van der Waals surface area contributed by atoms with Crippen molar-refractivity contribution in [2.75, 3.05) is 33.8 Å². The first kappa shape index (κ1) is 65.1. The molecule has 0 unspecified atom stereocenters. The lowest BCUT2D eigenvalue weighted by molar-refractivity contribution is -0.129. The molecular weight excluding hydrogens is 1270 g/mol. The summed E-state index contributed by atoms with van der Waals surface area (Å²) in [6, 6.07) is 9.51. The monoisotopic (exact) mass is 1330 g/mol. The molecule has 1 aliphatic carbocycles. The molecule has 2 aliphatic rings. The number of methoxy groups -OCH3 is 1. The second-order valence-corrected chi connectivity index (χ2v) is 27.3. The number of carbonyl (C=O) groups is 7. The minimum Gasteiger partial charge on any atom is -0.386 e. The van der Waals surface area contributed by atoms with E-state index in [1.807, 2.05) is 13.8 Å². The molecule has 31 heteroatoms. The molecule has 1 aromatic carbocycles. The van der Waals surface area contributed by atoms with Crippen LogP contribution in [-0.4, -0.2) is 115 Å². The van der Waals surface area contributed by atoms with Crippen molar-refractivity contribution in [3.63, 3.8) is 0 Å². The molecule has 25 nitrogen and oxygen atoms in total. The molecule has 4 atom stereocenters. The maximum Gasteiger partial charge on any atom is 0.271 e. The molecule has 9 N–H and O–H groups in total. The van der Waals surface area contributed by atoms with Crippen LogP contribution in [0.25, 0.3) is 43.4 Å². The van der Waals surface area contributed by atoms with E-state index in [0.29, 0.717) is 107 Å². The van der Waals surface area contributed by atoms with Crippen molar-refractivity contribution in [2.45, 2.75) is 96.6 Å². The van der Waals surface area contributed by atoms with Crippen molar-refractivity contribution in [1.29, 1.82) is 0 Å². The number of ether oxygens (including phenoxy) is 1. The van der Waals surface area contributed by atoms with Gasteiger partial charge in [-0.15, -0.1) is 78.2 Å². The van der Waals surface area contributed by atoms with Gasteiger partial charge in [0.15, 0.2) is 5.82 Å². The van der Waals surface area contributed by atoms with E-state index >= 15 is 0 Å². The summed E-state index contributed by atoms with van der Waals surface area (Å²) in [6.07, 6.45) is 2.33. The number of fused-ring (bicyclic) bond motifs is 14. The fourth-order valence-electron chi connectivity index (χ4n) is 10.0. The molecule has 0 saturated heterocycles. The summed E-state index contributed by atoms with van der Waals surface area (Å²) in [7, 11) is 2.94. The Morgan fingerprint density at radius 3 is 2.18 bits per heavy atom. The highest BCUT2D eigenvalue weighted by Gasteiger charge is 2.34. The lowest BCUT2D eigenvalue weighted by Crippen LogP contribution is -2.40. The van der Waals surface area contributed by atoms with Crippen molar-refractivity contribution < 1.29 is 43.4 Å². The van der Waals surface area contributed by atoms with Gasteiger partial charge in [0.05, 0.1) is 42.2 Å². The molecule has 1 fully saturated rings. The molecule has 470 valence electrons. The topological polar surface area (TPSA) is 362 Å². The van der Waals surface area contributed by atoms with E-state index in [-0.39, 0.29) is 70.5 Å². The zero-order chi connectivity index (χ0) is 63.6. The molecule has 10 bridgehead atoms. The highest BCUT2D eigenvalue weighted by Crippen LogP contribution is 2.41. The van der Waals surface area contributed by atoms with Gasteiger partial charge in [0.25, 0.3) is 23.6 Å². The Morgan fingerprint density at radius 1 is 0.711 bits per heavy atom. The van der Waals surface area contributed by atoms with Crippen molar-refractivity contribution in [3.8, 4) is 43.4 Å². The Bertz CT molecular complexity index is 3940. The lowest BCUT2D eigenvalue weighted by Gasteiger charge is -2.25. The third-order valence-corrected chi connectivity index (χ3v) is 20.6. The van der Waals surface area contributed by atoms with Gasteiger partial charge in [-0.3, -0.25) is 33.6 Å². The number of hydrogen-bond donors (Lipinski definition) is 8. The molecule has 10 rings (SSSR count). The van der Waals surface area contributed by atoms with E-state index in [9.17, 15) is 38.7 Å². The number of benzene rings is 1. The summed E-state index contributed by atoms with van der Waals surface area (Å²) in [4.78, 5) is 131. The minimum atomic E-state index is -1.28.